The topological polar surface area (TPSA) is 61.4 Å². The van der Waals surface area contributed by atoms with Crippen molar-refractivity contribution in [1.29, 1.82) is 0 Å². The molecule has 0 aliphatic carbocycles. The van der Waals surface area contributed by atoms with E-state index in [-0.39, 0.29) is 18.4 Å². The molecule has 1 heterocycles. The molecule has 26 heavy (non-hydrogen) atoms. The molecule has 0 aromatic heterocycles. The second kappa shape index (κ2) is 8.04. The Morgan fingerprint density at radius 1 is 0.962 bits per heavy atom. The first-order chi connectivity index (χ1) is 12.5. The number of nitrogens with zero attached hydrogens (tertiary/aromatic N) is 1. The number of nitrogens with one attached hydrogen (secondary N) is 2. The minimum Gasteiger partial charge on any atom is -0.376 e. The van der Waals surface area contributed by atoms with Gasteiger partial charge >= 0.3 is 0 Å². The van der Waals surface area contributed by atoms with Crippen molar-refractivity contribution in [2.45, 2.75) is 26.7 Å². The maximum absolute atomic E-state index is 12.3. The lowest BCUT2D eigenvalue weighted by atomic mass is 10.1. The predicted molar refractivity (Wildman–Crippen MR) is 105 cm³/mol. The number of rotatable bonds is 5. The Morgan fingerprint density at radius 2 is 1.58 bits per heavy atom. The van der Waals surface area contributed by atoms with Gasteiger partial charge in [0, 0.05) is 30.0 Å². The van der Waals surface area contributed by atoms with E-state index in [9.17, 15) is 9.59 Å². The molecule has 2 aromatic rings. The molecule has 2 amide bonds. The number of aryl methyl sites for hydroxylation is 2. The lowest BCUT2D eigenvalue weighted by molar-refractivity contribution is -0.114. The Morgan fingerprint density at radius 3 is 2.19 bits per heavy atom. The molecule has 2 N–H and O–H groups in total. The fraction of sp³-hybridized carbons (Fsp3) is 0.333. The van der Waals surface area contributed by atoms with Crippen LogP contribution in [0.3, 0.4) is 0 Å². The van der Waals surface area contributed by atoms with Crippen molar-refractivity contribution >= 4 is 23.2 Å². The number of benzene rings is 2. The monoisotopic (exact) mass is 351 g/mol. The van der Waals surface area contributed by atoms with Gasteiger partial charge in [0.25, 0.3) is 5.91 Å². The third-order valence-corrected chi connectivity index (χ3v) is 4.72. The summed E-state index contributed by atoms with van der Waals surface area (Å²) in [7, 11) is 0. The van der Waals surface area contributed by atoms with Gasteiger partial charge in [-0.1, -0.05) is 18.2 Å². The molecule has 1 aliphatic heterocycles. The van der Waals surface area contributed by atoms with Crippen LogP contribution in [0.25, 0.3) is 0 Å². The van der Waals surface area contributed by atoms with Gasteiger partial charge < -0.3 is 15.5 Å². The Hall–Kier alpha value is -2.82. The first kappa shape index (κ1) is 18.0. The number of carbonyl (C=O) groups excluding carboxylic acids is 2. The van der Waals surface area contributed by atoms with E-state index < -0.39 is 0 Å². The quantitative estimate of drug-likeness (QED) is 0.865. The van der Waals surface area contributed by atoms with Crippen LogP contribution in [-0.2, 0) is 4.79 Å². The van der Waals surface area contributed by atoms with Crippen LogP contribution in [0.15, 0.2) is 42.5 Å². The number of likely N-dealkylation sites (tertiary alicyclic amines) is 1. The Bertz CT molecular complexity index is 773. The largest absolute Gasteiger partial charge is 0.376 e. The molecule has 0 saturated carbocycles. The van der Waals surface area contributed by atoms with E-state index in [0.717, 1.165) is 48.4 Å². The van der Waals surface area contributed by atoms with Gasteiger partial charge in [-0.2, -0.15) is 0 Å². The number of para-hydroxylation sites is 1. The minimum atomic E-state index is -0.0976. The maximum Gasteiger partial charge on any atom is 0.253 e. The van der Waals surface area contributed by atoms with Crippen molar-refractivity contribution in [2.24, 2.45) is 0 Å². The summed E-state index contributed by atoms with van der Waals surface area (Å²) in [5.41, 5.74) is 4.47. The van der Waals surface area contributed by atoms with Crippen LogP contribution in [0.5, 0.6) is 0 Å². The maximum atomic E-state index is 12.3. The molecule has 0 radical (unpaired) electrons. The van der Waals surface area contributed by atoms with Gasteiger partial charge in [-0.05, 0) is 62.1 Å². The fourth-order valence-electron chi connectivity index (χ4n) is 3.21. The summed E-state index contributed by atoms with van der Waals surface area (Å²) in [6, 6.07) is 13.2. The summed E-state index contributed by atoms with van der Waals surface area (Å²) in [5.74, 6) is -0.0126. The van der Waals surface area contributed by atoms with Crippen LogP contribution in [0.4, 0.5) is 11.4 Å². The highest BCUT2D eigenvalue weighted by Crippen LogP contribution is 2.19. The van der Waals surface area contributed by atoms with Crippen molar-refractivity contribution in [2.75, 3.05) is 30.3 Å². The second-order valence-electron chi connectivity index (χ2n) is 6.75. The molecule has 0 spiro atoms. The normalized spacial score (nSPS) is 13.5. The summed E-state index contributed by atoms with van der Waals surface area (Å²) in [4.78, 5) is 26.4. The Balaban J connectivity index is 1.54. The van der Waals surface area contributed by atoms with Crippen LogP contribution < -0.4 is 10.6 Å². The van der Waals surface area contributed by atoms with Crippen molar-refractivity contribution in [3.05, 3.63) is 59.2 Å². The van der Waals surface area contributed by atoms with Crippen molar-refractivity contribution < 1.29 is 9.59 Å². The van der Waals surface area contributed by atoms with E-state index in [1.165, 1.54) is 0 Å². The van der Waals surface area contributed by atoms with Crippen LogP contribution >= 0.6 is 0 Å². The minimum absolute atomic E-state index is 0.0850. The van der Waals surface area contributed by atoms with E-state index in [1.807, 2.05) is 61.2 Å². The van der Waals surface area contributed by atoms with Gasteiger partial charge in [-0.3, -0.25) is 9.59 Å². The fourth-order valence-corrected chi connectivity index (χ4v) is 3.21. The van der Waals surface area contributed by atoms with Crippen LogP contribution in [0, 0.1) is 13.8 Å². The molecule has 2 aromatic carbocycles. The summed E-state index contributed by atoms with van der Waals surface area (Å²) in [6.45, 7) is 5.82. The molecule has 1 fully saturated rings. The summed E-state index contributed by atoms with van der Waals surface area (Å²) < 4.78 is 0. The molecule has 5 heteroatoms. The van der Waals surface area contributed by atoms with Crippen molar-refractivity contribution in [3.63, 3.8) is 0 Å². The SMILES string of the molecule is Cc1cccc(C)c1NC(=O)CNc1ccc(C(=O)N2CCCC2)cc1. The molecule has 5 nitrogen and oxygen atoms in total. The lowest BCUT2D eigenvalue weighted by Gasteiger charge is -2.15. The molecule has 0 atom stereocenters. The molecule has 0 bridgehead atoms. The lowest BCUT2D eigenvalue weighted by Crippen LogP contribution is -2.27. The zero-order valence-electron chi connectivity index (χ0n) is 15.3. The Kier molecular flexibility index (Phi) is 5.56. The number of amides is 2. The zero-order chi connectivity index (χ0) is 18.5. The third-order valence-electron chi connectivity index (χ3n) is 4.72. The average molecular weight is 351 g/mol. The van der Waals surface area contributed by atoms with E-state index in [4.69, 9.17) is 0 Å². The summed E-state index contributed by atoms with van der Waals surface area (Å²) >= 11 is 0. The highest BCUT2D eigenvalue weighted by Gasteiger charge is 2.19. The molecule has 1 aliphatic rings. The second-order valence-corrected chi connectivity index (χ2v) is 6.75. The number of anilines is 2. The van der Waals surface area contributed by atoms with Crippen LogP contribution in [0.1, 0.15) is 34.3 Å². The smallest absolute Gasteiger partial charge is 0.253 e. The zero-order valence-corrected chi connectivity index (χ0v) is 15.3. The van der Waals surface area contributed by atoms with Crippen LogP contribution in [-0.4, -0.2) is 36.3 Å². The molecule has 136 valence electrons. The third kappa shape index (κ3) is 4.23. The molecule has 1 saturated heterocycles. The first-order valence-electron chi connectivity index (χ1n) is 9.04. The number of hydrogen-bond acceptors (Lipinski definition) is 3. The van der Waals surface area contributed by atoms with Gasteiger partial charge in [0.1, 0.15) is 0 Å². The number of hydrogen-bond donors (Lipinski definition) is 2. The number of carbonyl (C=O) groups is 2. The molecular formula is C21H25N3O2. The van der Waals surface area contributed by atoms with E-state index in [1.54, 1.807) is 0 Å². The van der Waals surface area contributed by atoms with Gasteiger partial charge in [-0.25, -0.2) is 0 Å². The van der Waals surface area contributed by atoms with Crippen LogP contribution in [0.2, 0.25) is 0 Å². The van der Waals surface area contributed by atoms with E-state index in [0.29, 0.717) is 5.56 Å². The van der Waals surface area contributed by atoms with Crippen molar-refractivity contribution in [3.8, 4) is 0 Å². The van der Waals surface area contributed by atoms with E-state index >= 15 is 0 Å². The molecule has 3 rings (SSSR count). The average Bonchev–Trinajstić information content (AvgIpc) is 3.18. The van der Waals surface area contributed by atoms with Gasteiger partial charge in [0.2, 0.25) is 5.91 Å². The highest BCUT2D eigenvalue weighted by atomic mass is 16.2. The van der Waals surface area contributed by atoms with Gasteiger partial charge in [-0.15, -0.1) is 0 Å². The molecular weight excluding hydrogens is 326 g/mol. The predicted octanol–water partition coefficient (Wildman–Crippen LogP) is 3.59. The summed E-state index contributed by atoms with van der Waals surface area (Å²) in [5, 5.41) is 6.06. The highest BCUT2D eigenvalue weighted by molar-refractivity contribution is 5.96. The van der Waals surface area contributed by atoms with Gasteiger partial charge in [0.15, 0.2) is 0 Å². The standard InChI is InChI=1S/C21H25N3O2/c1-15-6-5-7-16(2)20(15)23-19(25)14-22-18-10-8-17(9-11-18)21(26)24-12-3-4-13-24/h5-11,22H,3-4,12-14H2,1-2H3,(H,23,25). The molecule has 0 unspecified atom stereocenters. The van der Waals surface area contributed by atoms with Crippen molar-refractivity contribution in [1.82, 2.24) is 4.90 Å². The Labute approximate surface area is 154 Å². The van der Waals surface area contributed by atoms with Gasteiger partial charge in [0.05, 0.1) is 6.54 Å². The summed E-state index contributed by atoms with van der Waals surface area (Å²) in [6.07, 6.45) is 2.17. The first-order valence-corrected chi connectivity index (χ1v) is 9.04. The van der Waals surface area contributed by atoms with E-state index in [2.05, 4.69) is 10.6 Å².